The molecule has 1 aromatic heterocycles. The van der Waals surface area contributed by atoms with Crippen molar-refractivity contribution in [2.75, 3.05) is 6.54 Å². The Morgan fingerprint density at radius 3 is 2.93 bits per heavy atom. The van der Waals surface area contributed by atoms with E-state index in [1.165, 1.54) is 16.0 Å². The van der Waals surface area contributed by atoms with Crippen molar-refractivity contribution in [3.63, 3.8) is 0 Å². The van der Waals surface area contributed by atoms with Crippen LogP contribution in [0, 0.1) is 6.92 Å². The van der Waals surface area contributed by atoms with Crippen LogP contribution in [0.5, 0.6) is 0 Å². The molecule has 15 heavy (non-hydrogen) atoms. The molecule has 2 N–H and O–H groups in total. The van der Waals surface area contributed by atoms with E-state index in [2.05, 4.69) is 36.2 Å². The van der Waals surface area contributed by atoms with Gasteiger partial charge in [0.15, 0.2) is 0 Å². The Balaban J connectivity index is 2.37. The molecule has 0 radical (unpaired) electrons. The molecule has 0 aliphatic carbocycles. The van der Waals surface area contributed by atoms with Gasteiger partial charge in [-0.25, -0.2) is 4.98 Å². The number of aryl methyl sites for hydroxylation is 1. The topological polar surface area (TPSA) is 38.9 Å². The first kappa shape index (κ1) is 10.3. The Hall–Kier alpha value is -1.19. The highest BCUT2D eigenvalue weighted by atomic mass is 32.1. The normalized spacial score (nSPS) is 10.5. The summed E-state index contributed by atoms with van der Waals surface area (Å²) in [4.78, 5) is 5.64. The van der Waals surface area contributed by atoms with Crippen molar-refractivity contribution in [2.24, 2.45) is 5.73 Å². The Morgan fingerprint density at radius 1 is 1.40 bits per heavy atom. The zero-order chi connectivity index (χ0) is 10.7. The third-order valence-corrected chi connectivity index (χ3v) is 3.14. The fraction of sp³-hybridized carbons (Fsp3) is 0.250. The minimum atomic E-state index is 0.694. The summed E-state index contributed by atoms with van der Waals surface area (Å²) in [5.74, 6) is 0. The van der Waals surface area contributed by atoms with E-state index in [1.54, 1.807) is 11.3 Å². The van der Waals surface area contributed by atoms with Gasteiger partial charge in [-0.1, -0.05) is 18.2 Å². The molecule has 3 heteroatoms. The van der Waals surface area contributed by atoms with Crippen LogP contribution in [0.25, 0.3) is 11.3 Å². The number of thiazole rings is 1. The Morgan fingerprint density at radius 2 is 2.27 bits per heavy atom. The molecule has 0 unspecified atom stereocenters. The van der Waals surface area contributed by atoms with Gasteiger partial charge in [-0.3, -0.25) is 0 Å². The Kier molecular flexibility index (Phi) is 3.14. The lowest BCUT2D eigenvalue weighted by atomic mass is 10.1. The molecule has 0 aliphatic heterocycles. The number of nitrogens with zero attached hydrogens (tertiary/aromatic N) is 1. The smallest absolute Gasteiger partial charge is 0.0840 e. The van der Waals surface area contributed by atoms with E-state index in [9.17, 15) is 0 Å². The van der Waals surface area contributed by atoms with Crippen LogP contribution in [0.4, 0.5) is 0 Å². The number of nitrogens with two attached hydrogens (primary N) is 1. The van der Waals surface area contributed by atoms with Crippen molar-refractivity contribution in [3.8, 4) is 11.3 Å². The van der Waals surface area contributed by atoms with Crippen LogP contribution in [0.1, 0.15) is 10.4 Å². The number of hydrogen-bond donors (Lipinski definition) is 1. The summed E-state index contributed by atoms with van der Waals surface area (Å²) in [7, 11) is 0. The second kappa shape index (κ2) is 4.55. The molecule has 0 saturated heterocycles. The van der Waals surface area contributed by atoms with Crippen LogP contribution < -0.4 is 5.73 Å². The largest absolute Gasteiger partial charge is 0.330 e. The highest BCUT2D eigenvalue weighted by Gasteiger charge is 2.04. The SMILES string of the molecule is Cc1scnc1-c1cccc(CCN)c1. The minimum Gasteiger partial charge on any atom is -0.330 e. The maximum atomic E-state index is 5.55. The molecular weight excluding hydrogens is 204 g/mol. The summed E-state index contributed by atoms with van der Waals surface area (Å²) in [6.45, 7) is 2.79. The van der Waals surface area contributed by atoms with E-state index in [1.807, 2.05) is 5.51 Å². The summed E-state index contributed by atoms with van der Waals surface area (Å²) < 4.78 is 0. The number of rotatable bonds is 3. The van der Waals surface area contributed by atoms with Gasteiger partial charge in [-0.2, -0.15) is 0 Å². The van der Waals surface area contributed by atoms with E-state index in [0.717, 1.165) is 12.1 Å². The van der Waals surface area contributed by atoms with Crippen LogP contribution in [0.2, 0.25) is 0 Å². The molecule has 0 spiro atoms. The van der Waals surface area contributed by atoms with Crippen molar-refractivity contribution in [1.82, 2.24) is 4.98 Å². The van der Waals surface area contributed by atoms with Gasteiger partial charge in [0.25, 0.3) is 0 Å². The fourth-order valence-electron chi connectivity index (χ4n) is 1.62. The summed E-state index contributed by atoms with van der Waals surface area (Å²) in [6, 6.07) is 8.45. The molecule has 0 fully saturated rings. The third-order valence-electron chi connectivity index (χ3n) is 2.38. The van der Waals surface area contributed by atoms with E-state index in [0.29, 0.717) is 6.54 Å². The molecule has 2 aromatic rings. The maximum absolute atomic E-state index is 5.55. The molecule has 78 valence electrons. The maximum Gasteiger partial charge on any atom is 0.0840 e. The Bertz CT molecular complexity index is 448. The number of aromatic nitrogens is 1. The van der Waals surface area contributed by atoms with E-state index in [4.69, 9.17) is 5.73 Å². The third kappa shape index (κ3) is 2.25. The second-order valence-electron chi connectivity index (χ2n) is 3.50. The molecule has 0 atom stereocenters. The lowest BCUT2D eigenvalue weighted by Gasteiger charge is -2.02. The first-order valence-electron chi connectivity index (χ1n) is 5.00. The predicted molar refractivity (Wildman–Crippen MR) is 65.0 cm³/mol. The van der Waals surface area contributed by atoms with Crippen LogP contribution in [-0.4, -0.2) is 11.5 Å². The molecule has 0 amide bonds. The zero-order valence-electron chi connectivity index (χ0n) is 8.73. The van der Waals surface area contributed by atoms with Crippen molar-refractivity contribution in [2.45, 2.75) is 13.3 Å². The fourth-order valence-corrected chi connectivity index (χ4v) is 2.22. The summed E-state index contributed by atoms with van der Waals surface area (Å²) >= 11 is 1.68. The number of hydrogen-bond acceptors (Lipinski definition) is 3. The van der Waals surface area contributed by atoms with E-state index in [-0.39, 0.29) is 0 Å². The highest BCUT2D eigenvalue weighted by molar-refractivity contribution is 7.10. The zero-order valence-corrected chi connectivity index (χ0v) is 9.55. The quantitative estimate of drug-likeness (QED) is 0.860. The van der Waals surface area contributed by atoms with Crippen molar-refractivity contribution in [1.29, 1.82) is 0 Å². The van der Waals surface area contributed by atoms with Crippen molar-refractivity contribution < 1.29 is 0 Å². The average Bonchev–Trinajstić information content (AvgIpc) is 2.65. The van der Waals surface area contributed by atoms with Gasteiger partial charge >= 0.3 is 0 Å². The summed E-state index contributed by atoms with van der Waals surface area (Å²) in [5.41, 5.74) is 11.0. The van der Waals surface area contributed by atoms with Crippen LogP contribution >= 0.6 is 11.3 Å². The standard InChI is InChI=1S/C12H14N2S/c1-9-12(14-8-15-9)11-4-2-3-10(7-11)5-6-13/h2-4,7-8H,5-6,13H2,1H3. The van der Waals surface area contributed by atoms with E-state index >= 15 is 0 Å². The van der Waals surface area contributed by atoms with Gasteiger partial charge in [0.1, 0.15) is 0 Å². The second-order valence-corrected chi connectivity index (χ2v) is 4.56. The molecule has 0 bridgehead atoms. The van der Waals surface area contributed by atoms with Crippen molar-refractivity contribution >= 4 is 11.3 Å². The van der Waals surface area contributed by atoms with Gasteiger partial charge in [0.05, 0.1) is 11.2 Å². The monoisotopic (exact) mass is 218 g/mol. The van der Waals surface area contributed by atoms with Gasteiger partial charge in [0, 0.05) is 10.4 Å². The molecule has 0 aliphatic rings. The van der Waals surface area contributed by atoms with E-state index < -0.39 is 0 Å². The van der Waals surface area contributed by atoms with Gasteiger partial charge in [0.2, 0.25) is 0 Å². The van der Waals surface area contributed by atoms with Gasteiger partial charge in [-0.05, 0) is 31.5 Å². The molecule has 1 heterocycles. The summed E-state index contributed by atoms with van der Waals surface area (Å²) in [5, 5.41) is 0. The van der Waals surface area contributed by atoms with Gasteiger partial charge in [-0.15, -0.1) is 11.3 Å². The lowest BCUT2D eigenvalue weighted by molar-refractivity contribution is 0.969. The minimum absolute atomic E-state index is 0.694. The average molecular weight is 218 g/mol. The molecule has 2 rings (SSSR count). The lowest BCUT2D eigenvalue weighted by Crippen LogP contribution is -2.02. The Labute approximate surface area is 93.8 Å². The number of benzene rings is 1. The first-order valence-corrected chi connectivity index (χ1v) is 5.88. The molecule has 1 aromatic carbocycles. The van der Waals surface area contributed by atoms with Crippen LogP contribution in [0.3, 0.4) is 0 Å². The molecular formula is C12H14N2S. The highest BCUT2D eigenvalue weighted by Crippen LogP contribution is 2.25. The van der Waals surface area contributed by atoms with Gasteiger partial charge < -0.3 is 5.73 Å². The molecule has 0 saturated carbocycles. The first-order chi connectivity index (χ1) is 7.31. The van der Waals surface area contributed by atoms with Crippen LogP contribution in [0.15, 0.2) is 29.8 Å². The predicted octanol–water partition coefficient (Wildman–Crippen LogP) is 2.62. The summed E-state index contributed by atoms with van der Waals surface area (Å²) in [6.07, 6.45) is 0.928. The van der Waals surface area contributed by atoms with Crippen LogP contribution in [-0.2, 0) is 6.42 Å². The van der Waals surface area contributed by atoms with Crippen molar-refractivity contribution in [3.05, 3.63) is 40.2 Å². The molecule has 2 nitrogen and oxygen atoms in total.